The van der Waals surface area contributed by atoms with Crippen molar-refractivity contribution in [1.82, 2.24) is 10.3 Å². The van der Waals surface area contributed by atoms with Gasteiger partial charge in [-0.2, -0.15) is 5.26 Å². The summed E-state index contributed by atoms with van der Waals surface area (Å²) < 4.78 is 5.03. The Balaban J connectivity index is 3.00. The molecule has 0 bridgehead atoms. The van der Waals surface area contributed by atoms with Gasteiger partial charge >= 0.3 is 0 Å². The molecule has 1 heterocycles. The second kappa shape index (κ2) is 5.57. The predicted octanol–water partition coefficient (Wildman–Crippen LogP) is 0.917. The van der Waals surface area contributed by atoms with E-state index in [1.54, 1.807) is 20.8 Å². The summed E-state index contributed by atoms with van der Waals surface area (Å²) in [7, 11) is 1.39. The third-order valence-electron chi connectivity index (χ3n) is 2.53. The SMILES string of the molecule is COc1[nH]c(C#N)cc(=O)c1CNC(=O)C(C)(C)C. The average molecular weight is 263 g/mol. The highest BCUT2D eigenvalue weighted by Gasteiger charge is 2.21. The fraction of sp³-hybridized carbons (Fsp3) is 0.462. The monoisotopic (exact) mass is 263 g/mol. The van der Waals surface area contributed by atoms with E-state index >= 15 is 0 Å². The van der Waals surface area contributed by atoms with Gasteiger partial charge in [0, 0.05) is 11.5 Å². The van der Waals surface area contributed by atoms with Crippen LogP contribution >= 0.6 is 0 Å². The van der Waals surface area contributed by atoms with Crippen molar-refractivity contribution >= 4 is 5.91 Å². The number of nitrogens with one attached hydrogen (secondary N) is 2. The number of nitriles is 1. The first-order chi connectivity index (χ1) is 8.79. The van der Waals surface area contributed by atoms with Gasteiger partial charge < -0.3 is 15.0 Å². The fourth-order valence-electron chi connectivity index (χ4n) is 1.40. The second-order valence-corrected chi connectivity index (χ2v) is 5.10. The molecule has 1 rings (SSSR count). The zero-order chi connectivity index (χ0) is 14.6. The van der Waals surface area contributed by atoms with Crippen LogP contribution in [0.5, 0.6) is 5.88 Å². The van der Waals surface area contributed by atoms with Gasteiger partial charge in [-0.05, 0) is 0 Å². The van der Waals surface area contributed by atoms with E-state index in [0.717, 1.165) is 0 Å². The number of carbonyl (C=O) groups is 1. The van der Waals surface area contributed by atoms with Crippen molar-refractivity contribution in [3.63, 3.8) is 0 Å². The van der Waals surface area contributed by atoms with Crippen molar-refractivity contribution in [3.05, 3.63) is 27.5 Å². The van der Waals surface area contributed by atoms with Crippen LogP contribution in [0.1, 0.15) is 32.0 Å². The van der Waals surface area contributed by atoms with E-state index in [1.807, 2.05) is 6.07 Å². The van der Waals surface area contributed by atoms with Crippen molar-refractivity contribution in [2.24, 2.45) is 5.41 Å². The molecule has 0 unspecified atom stereocenters. The highest BCUT2D eigenvalue weighted by molar-refractivity contribution is 5.81. The maximum absolute atomic E-state index is 11.8. The molecule has 0 saturated heterocycles. The summed E-state index contributed by atoms with van der Waals surface area (Å²) in [6, 6.07) is 3.02. The predicted molar refractivity (Wildman–Crippen MR) is 69.6 cm³/mol. The number of nitrogens with zero attached hydrogens (tertiary/aromatic N) is 1. The first kappa shape index (κ1) is 14.8. The lowest BCUT2D eigenvalue weighted by molar-refractivity contribution is -0.128. The molecule has 0 aliphatic heterocycles. The van der Waals surface area contributed by atoms with E-state index in [2.05, 4.69) is 10.3 Å². The van der Waals surface area contributed by atoms with E-state index in [-0.39, 0.29) is 29.5 Å². The van der Waals surface area contributed by atoms with Gasteiger partial charge in [0.2, 0.25) is 11.8 Å². The lowest BCUT2D eigenvalue weighted by atomic mass is 9.95. The van der Waals surface area contributed by atoms with Gasteiger partial charge in [0.15, 0.2) is 5.43 Å². The largest absolute Gasteiger partial charge is 0.482 e. The molecule has 0 atom stereocenters. The van der Waals surface area contributed by atoms with Crippen LogP contribution in [0.25, 0.3) is 0 Å². The maximum atomic E-state index is 11.8. The summed E-state index contributed by atoms with van der Waals surface area (Å²) in [6.45, 7) is 5.40. The van der Waals surface area contributed by atoms with Crippen LogP contribution in [-0.2, 0) is 11.3 Å². The molecule has 102 valence electrons. The lowest BCUT2D eigenvalue weighted by Crippen LogP contribution is -2.35. The minimum Gasteiger partial charge on any atom is -0.482 e. The standard InChI is InChI=1S/C13H17N3O3/c1-13(2,3)12(18)15-7-9-10(17)5-8(6-14)16-11(9)19-4/h5H,7H2,1-4H3,(H,15,18)(H,16,17). The summed E-state index contributed by atoms with van der Waals surface area (Å²) in [5, 5.41) is 11.4. The smallest absolute Gasteiger partial charge is 0.225 e. The summed E-state index contributed by atoms with van der Waals surface area (Å²) >= 11 is 0. The molecule has 0 fully saturated rings. The summed E-state index contributed by atoms with van der Waals surface area (Å²) in [4.78, 5) is 26.3. The number of methoxy groups -OCH3 is 1. The third kappa shape index (κ3) is 3.58. The Kier molecular flexibility index (Phi) is 4.33. The Bertz CT molecular complexity index is 576. The normalized spacial score (nSPS) is 10.7. The van der Waals surface area contributed by atoms with Crippen molar-refractivity contribution in [3.8, 4) is 11.9 Å². The van der Waals surface area contributed by atoms with Gasteiger partial charge in [0.1, 0.15) is 11.8 Å². The minimum atomic E-state index is -0.535. The highest BCUT2D eigenvalue weighted by atomic mass is 16.5. The number of ether oxygens (including phenoxy) is 1. The Hall–Kier alpha value is -2.29. The Labute approximate surface area is 111 Å². The van der Waals surface area contributed by atoms with Gasteiger partial charge in [0.25, 0.3) is 0 Å². The molecule has 6 heteroatoms. The Morgan fingerprint density at radius 3 is 2.63 bits per heavy atom. The molecular formula is C13H17N3O3. The zero-order valence-electron chi connectivity index (χ0n) is 11.5. The number of pyridine rings is 1. The molecule has 6 nitrogen and oxygen atoms in total. The molecule has 0 saturated carbocycles. The zero-order valence-corrected chi connectivity index (χ0v) is 11.5. The van der Waals surface area contributed by atoms with Crippen LogP contribution in [0.2, 0.25) is 0 Å². The van der Waals surface area contributed by atoms with Crippen molar-refractivity contribution < 1.29 is 9.53 Å². The third-order valence-corrected chi connectivity index (χ3v) is 2.53. The Morgan fingerprint density at radius 2 is 2.16 bits per heavy atom. The number of hydrogen-bond donors (Lipinski definition) is 2. The number of carbonyl (C=O) groups excluding carboxylic acids is 1. The maximum Gasteiger partial charge on any atom is 0.225 e. The van der Waals surface area contributed by atoms with Gasteiger partial charge in [-0.3, -0.25) is 9.59 Å². The molecule has 1 aromatic rings. The van der Waals surface area contributed by atoms with Crippen molar-refractivity contribution in [2.75, 3.05) is 7.11 Å². The molecule has 0 aromatic carbocycles. The topological polar surface area (TPSA) is 95.0 Å². The van der Waals surface area contributed by atoms with E-state index in [9.17, 15) is 9.59 Å². The fourth-order valence-corrected chi connectivity index (χ4v) is 1.40. The van der Waals surface area contributed by atoms with Crippen LogP contribution in [0.15, 0.2) is 10.9 Å². The van der Waals surface area contributed by atoms with Gasteiger partial charge in [-0.15, -0.1) is 0 Å². The van der Waals surface area contributed by atoms with Crippen LogP contribution in [-0.4, -0.2) is 18.0 Å². The van der Waals surface area contributed by atoms with Crippen LogP contribution in [0.4, 0.5) is 0 Å². The molecule has 0 spiro atoms. The molecule has 19 heavy (non-hydrogen) atoms. The van der Waals surface area contributed by atoms with E-state index in [1.165, 1.54) is 13.2 Å². The first-order valence-corrected chi connectivity index (χ1v) is 5.78. The number of aromatic amines is 1. The molecule has 0 aliphatic carbocycles. The van der Waals surface area contributed by atoms with E-state index < -0.39 is 5.41 Å². The van der Waals surface area contributed by atoms with Crippen molar-refractivity contribution in [1.29, 1.82) is 5.26 Å². The number of hydrogen-bond acceptors (Lipinski definition) is 4. The van der Waals surface area contributed by atoms with Crippen LogP contribution in [0.3, 0.4) is 0 Å². The van der Waals surface area contributed by atoms with Gasteiger partial charge in [-0.1, -0.05) is 20.8 Å². The van der Waals surface area contributed by atoms with Gasteiger partial charge in [-0.25, -0.2) is 0 Å². The molecule has 2 N–H and O–H groups in total. The average Bonchev–Trinajstić information content (AvgIpc) is 2.34. The number of H-pyrrole nitrogens is 1. The second-order valence-electron chi connectivity index (χ2n) is 5.10. The highest BCUT2D eigenvalue weighted by Crippen LogP contribution is 2.15. The molecular weight excluding hydrogens is 246 g/mol. The van der Waals surface area contributed by atoms with E-state index in [4.69, 9.17) is 10.00 Å². The summed E-state index contributed by atoms with van der Waals surface area (Å²) in [5.41, 5.74) is -0.472. The van der Waals surface area contributed by atoms with Gasteiger partial charge in [0.05, 0.1) is 19.2 Å². The Morgan fingerprint density at radius 1 is 1.53 bits per heavy atom. The molecule has 1 amide bonds. The first-order valence-electron chi connectivity index (χ1n) is 5.78. The number of aromatic nitrogens is 1. The molecule has 1 aromatic heterocycles. The van der Waals surface area contributed by atoms with Crippen molar-refractivity contribution in [2.45, 2.75) is 27.3 Å². The quantitative estimate of drug-likeness (QED) is 0.847. The number of rotatable bonds is 3. The minimum absolute atomic E-state index is 0.0559. The van der Waals surface area contributed by atoms with Crippen LogP contribution in [0, 0.1) is 16.7 Å². The van der Waals surface area contributed by atoms with Crippen LogP contribution < -0.4 is 15.5 Å². The van der Waals surface area contributed by atoms with E-state index in [0.29, 0.717) is 5.56 Å². The summed E-state index contributed by atoms with van der Waals surface area (Å²) in [6.07, 6.45) is 0. The molecule has 0 aliphatic rings. The number of amides is 1. The lowest BCUT2D eigenvalue weighted by Gasteiger charge is -2.18. The summed E-state index contributed by atoms with van der Waals surface area (Å²) in [5.74, 6) is 0.0246. The molecule has 0 radical (unpaired) electrons.